The minimum atomic E-state index is -0.663. The van der Waals surface area contributed by atoms with E-state index < -0.39 is 5.12 Å². The molecule has 0 aromatic rings. The summed E-state index contributed by atoms with van der Waals surface area (Å²) in [5, 5.41) is -0.663. The number of ether oxygens (including phenoxy) is 1. The molecule has 0 saturated carbocycles. The van der Waals surface area contributed by atoms with Crippen molar-refractivity contribution in [1.82, 2.24) is 0 Å². The molecule has 0 aliphatic carbocycles. The van der Waals surface area contributed by atoms with Gasteiger partial charge in [0.25, 0.3) is 0 Å². The van der Waals surface area contributed by atoms with Crippen LogP contribution < -0.4 is 0 Å². The molecule has 0 N–H and O–H groups in total. The highest BCUT2D eigenvalue weighted by molar-refractivity contribution is 8.00. The molecule has 0 bridgehead atoms. The molecule has 1 atom stereocenters. The fraction of sp³-hybridized carbons (Fsp3) is 1.00. The Morgan fingerprint density at radius 1 is 1.89 bits per heavy atom. The van der Waals surface area contributed by atoms with Crippen LogP contribution in [0.4, 0.5) is 0 Å². The van der Waals surface area contributed by atoms with Gasteiger partial charge in [0.15, 0.2) is 0 Å². The lowest BCUT2D eigenvalue weighted by Gasteiger charge is -2.16. The van der Waals surface area contributed by atoms with Crippen LogP contribution >= 0.6 is 20.4 Å². The first-order valence-corrected chi connectivity index (χ1v) is 4.27. The molecule has 1 heterocycles. The fourth-order valence-corrected chi connectivity index (χ4v) is 1.81. The molecule has 0 spiro atoms. The second-order valence-corrected chi connectivity index (χ2v) is 3.50. The third-order valence-corrected chi connectivity index (χ3v) is 2.66. The van der Waals surface area contributed by atoms with E-state index in [0.29, 0.717) is 6.61 Å². The zero-order valence-electron chi connectivity index (χ0n) is 4.99. The summed E-state index contributed by atoms with van der Waals surface area (Å²) >= 11 is 1.52. The third kappa shape index (κ3) is 1.90. The summed E-state index contributed by atoms with van der Waals surface area (Å²) in [6.45, 7) is 2.44. The van der Waals surface area contributed by atoms with Gasteiger partial charge >= 0.3 is 8.69 Å². The monoisotopic (exact) mass is 166 g/mol. The molecule has 9 heavy (non-hydrogen) atoms. The van der Waals surface area contributed by atoms with Crippen LogP contribution in [-0.2, 0) is 13.8 Å². The molecule has 3 nitrogen and oxygen atoms in total. The van der Waals surface area contributed by atoms with Crippen LogP contribution in [0.1, 0.15) is 6.92 Å². The van der Waals surface area contributed by atoms with E-state index in [4.69, 9.17) is 9.26 Å². The van der Waals surface area contributed by atoms with Crippen molar-refractivity contribution in [2.24, 2.45) is 0 Å². The topological polar surface area (TPSA) is 35.5 Å². The van der Waals surface area contributed by atoms with Crippen molar-refractivity contribution < 1.29 is 13.8 Å². The van der Waals surface area contributed by atoms with E-state index >= 15 is 0 Å². The van der Waals surface area contributed by atoms with Crippen LogP contribution in [0, 0.1) is 0 Å². The van der Waals surface area contributed by atoms with Gasteiger partial charge in [0.2, 0.25) is 5.12 Å². The molecule has 0 aromatic carbocycles. The summed E-state index contributed by atoms with van der Waals surface area (Å²) in [7, 11) is -0.316. The molecule has 1 rings (SSSR count). The Balaban J connectivity index is 2.40. The Hall–Kier alpha value is 0.370. The smallest absolute Gasteiger partial charge is 0.330 e. The number of hydrogen-bond acceptors (Lipinski definition) is 4. The average Bonchev–Trinajstić information content (AvgIpc) is 2.16. The SMILES string of the molecule is CC1(OP=O)OCCS1. The van der Waals surface area contributed by atoms with Crippen molar-refractivity contribution >= 4 is 20.4 Å². The van der Waals surface area contributed by atoms with E-state index in [1.54, 1.807) is 6.92 Å². The lowest BCUT2D eigenvalue weighted by molar-refractivity contribution is -0.0722. The summed E-state index contributed by atoms with van der Waals surface area (Å²) in [5.74, 6) is 0.909. The highest BCUT2D eigenvalue weighted by Gasteiger charge is 2.32. The van der Waals surface area contributed by atoms with Gasteiger partial charge < -0.3 is 4.74 Å². The molecular weight excluding hydrogens is 159 g/mol. The van der Waals surface area contributed by atoms with E-state index in [9.17, 15) is 4.57 Å². The lowest BCUT2D eigenvalue weighted by atomic mass is 10.7. The Morgan fingerprint density at radius 3 is 3.11 bits per heavy atom. The molecule has 1 aliphatic heterocycles. The fourth-order valence-electron chi connectivity index (χ4n) is 0.616. The molecule has 0 amide bonds. The molecule has 1 fully saturated rings. The van der Waals surface area contributed by atoms with Gasteiger partial charge in [-0.2, -0.15) is 0 Å². The normalized spacial score (nSPS) is 35.7. The first-order chi connectivity index (χ1) is 4.27. The van der Waals surface area contributed by atoms with E-state index in [1.165, 1.54) is 11.8 Å². The van der Waals surface area contributed by atoms with Crippen LogP contribution in [0.2, 0.25) is 0 Å². The molecule has 5 heteroatoms. The Labute approximate surface area is 59.4 Å². The van der Waals surface area contributed by atoms with Crippen molar-refractivity contribution in [2.45, 2.75) is 12.0 Å². The zero-order valence-corrected chi connectivity index (χ0v) is 6.71. The van der Waals surface area contributed by atoms with Crippen LogP contribution in [0.5, 0.6) is 0 Å². The highest BCUT2D eigenvalue weighted by atomic mass is 32.2. The predicted octanol–water partition coefficient (Wildman–Crippen LogP) is 1.65. The van der Waals surface area contributed by atoms with Gasteiger partial charge in [-0.3, -0.25) is 4.52 Å². The summed E-state index contributed by atoms with van der Waals surface area (Å²) in [6, 6.07) is 0. The largest absolute Gasteiger partial charge is 0.340 e. The van der Waals surface area contributed by atoms with Gasteiger partial charge in [-0.15, -0.1) is 0 Å². The molecule has 52 valence electrons. The second kappa shape index (κ2) is 2.97. The first-order valence-electron chi connectivity index (χ1n) is 2.55. The van der Waals surface area contributed by atoms with Crippen molar-refractivity contribution in [3.05, 3.63) is 0 Å². The van der Waals surface area contributed by atoms with Gasteiger partial charge in [0.1, 0.15) is 0 Å². The first kappa shape index (κ1) is 7.48. The van der Waals surface area contributed by atoms with Crippen molar-refractivity contribution in [3.63, 3.8) is 0 Å². The van der Waals surface area contributed by atoms with Crippen molar-refractivity contribution in [2.75, 3.05) is 12.4 Å². The van der Waals surface area contributed by atoms with Crippen molar-refractivity contribution in [3.8, 4) is 0 Å². The highest BCUT2D eigenvalue weighted by Crippen LogP contribution is 2.35. The third-order valence-electron chi connectivity index (χ3n) is 1.01. The van der Waals surface area contributed by atoms with Crippen LogP contribution in [0.25, 0.3) is 0 Å². The van der Waals surface area contributed by atoms with Gasteiger partial charge in [-0.25, -0.2) is 4.57 Å². The summed E-state index contributed by atoms with van der Waals surface area (Å²) in [6.07, 6.45) is 0. The maximum absolute atomic E-state index is 9.95. The quantitative estimate of drug-likeness (QED) is 0.584. The summed E-state index contributed by atoms with van der Waals surface area (Å²) < 4.78 is 19.8. The Kier molecular flexibility index (Phi) is 2.47. The second-order valence-electron chi connectivity index (χ2n) is 1.73. The van der Waals surface area contributed by atoms with Gasteiger partial charge in [-0.1, -0.05) is 11.8 Å². The minimum Gasteiger partial charge on any atom is -0.340 e. The maximum Gasteiger partial charge on any atom is 0.330 e. The Morgan fingerprint density at radius 2 is 2.67 bits per heavy atom. The summed E-state index contributed by atoms with van der Waals surface area (Å²) in [4.78, 5) is 0. The number of hydrogen-bond donors (Lipinski definition) is 0. The van der Waals surface area contributed by atoms with Gasteiger partial charge in [0.05, 0.1) is 6.61 Å². The Bertz CT molecular complexity index is 112. The van der Waals surface area contributed by atoms with Crippen molar-refractivity contribution in [1.29, 1.82) is 0 Å². The molecule has 0 aromatic heterocycles. The number of rotatable bonds is 2. The molecule has 0 radical (unpaired) electrons. The molecule has 1 saturated heterocycles. The average molecular weight is 166 g/mol. The maximum atomic E-state index is 9.95. The lowest BCUT2D eigenvalue weighted by Crippen LogP contribution is -2.18. The number of thioether (sulfide) groups is 1. The van der Waals surface area contributed by atoms with E-state index in [-0.39, 0.29) is 8.69 Å². The van der Waals surface area contributed by atoms with E-state index in [2.05, 4.69) is 0 Å². The predicted molar refractivity (Wildman–Crippen MR) is 35.5 cm³/mol. The van der Waals surface area contributed by atoms with Crippen LogP contribution in [-0.4, -0.2) is 17.5 Å². The van der Waals surface area contributed by atoms with Gasteiger partial charge in [-0.05, 0) is 0 Å². The molecule has 1 aliphatic rings. The zero-order chi connectivity index (χ0) is 6.74. The van der Waals surface area contributed by atoms with Crippen LogP contribution in [0.15, 0.2) is 0 Å². The van der Waals surface area contributed by atoms with Gasteiger partial charge in [0, 0.05) is 12.7 Å². The van der Waals surface area contributed by atoms with E-state index in [1.807, 2.05) is 0 Å². The standard InChI is InChI=1S/C4H7O3PS/c1-4(7-8-5)6-2-3-9-4/h2-3H2,1H3. The summed E-state index contributed by atoms with van der Waals surface area (Å²) in [5.41, 5.74) is 0. The minimum absolute atomic E-state index is 0.316. The van der Waals surface area contributed by atoms with Crippen LogP contribution in [0.3, 0.4) is 0 Å². The molecular formula is C4H7O3PS. The van der Waals surface area contributed by atoms with E-state index in [0.717, 1.165) is 5.75 Å². The molecule has 1 unspecified atom stereocenters.